The van der Waals surface area contributed by atoms with E-state index in [1.54, 1.807) is 6.20 Å². The lowest BCUT2D eigenvalue weighted by Crippen LogP contribution is -2.04. The van der Waals surface area contributed by atoms with Crippen LogP contribution < -0.4 is 11.1 Å². The van der Waals surface area contributed by atoms with Gasteiger partial charge in [0.25, 0.3) is 0 Å². The van der Waals surface area contributed by atoms with Gasteiger partial charge in [0, 0.05) is 24.0 Å². The number of pyridine rings is 2. The highest BCUT2D eigenvalue weighted by Crippen LogP contribution is 2.33. The Kier molecular flexibility index (Phi) is 9.95. The van der Waals surface area contributed by atoms with Crippen LogP contribution in [0.2, 0.25) is 0 Å². The van der Waals surface area contributed by atoms with E-state index in [2.05, 4.69) is 15.3 Å². The lowest BCUT2D eigenvalue weighted by Gasteiger charge is -2.12. The molecular formula is C36H33FN8S. The van der Waals surface area contributed by atoms with Gasteiger partial charge in [-0.2, -0.15) is 5.26 Å². The number of halogens is 1. The predicted octanol–water partition coefficient (Wildman–Crippen LogP) is 9.02. The van der Waals surface area contributed by atoms with Gasteiger partial charge < -0.3 is 11.1 Å². The Bertz CT molecular complexity index is 2130. The zero-order chi connectivity index (χ0) is 32.6. The number of hydrogen-bond acceptors (Lipinski definition) is 8. The number of hydrogen-bond donors (Lipinski definition) is 2. The maximum absolute atomic E-state index is 14.2. The van der Waals surface area contributed by atoms with Crippen molar-refractivity contribution in [2.24, 2.45) is 0 Å². The van der Waals surface area contributed by atoms with Gasteiger partial charge in [-0.3, -0.25) is 4.57 Å². The van der Waals surface area contributed by atoms with E-state index in [0.29, 0.717) is 50.3 Å². The van der Waals surface area contributed by atoms with Gasteiger partial charge in [-0.25, -0.2) is 24.3 Å². The second-order valence-electron chi connectivity index (χ2n) is 9.56. The number of benzene rings is 3. The van der Waals surface area contributed by atoms with Crippen molar-refractivity contribution in [2.75, 3.05) is 11.1 Å². The number of nitrogens with one attached hydrogen (secondary N) is 1. The first-order valence-corrected chi connectivity index (χ1v) is 15.9. The molecule has 0 aliphatic heterocycles. The third kappa shape index (κ3) is 6.41. The number of imidazole rings is 1. The van der Waals surface area contributed by atoms with Crippen LogP contribution in [0.1, 0.15) is 38.3 Å². The molecule has 7 aromatic rings. The summed E-state index contributed by atoms with van der Waals surface area (Å²) in [5.41, 5.74) is 13.2. The van der Waals surface area contributed by atoms with Crippen molar-refractivity contribution in [3.8, 4) is 34.4 Å². The van der Waals surface area contributed by atoms with Crippen LogP contribution in [0, 0.1) is 17.1 Å². The standard InChI is InChI=1S/C32H21FN8S.2C2H6/c33-21-15-26(29-27(16-21)42-28(17-34)40-29)37-18-19-8-10-22(11-9-19)41-31(23-7-4-14-36-30(23)35)39-25-13-12-24(38-32(25)41)20-5-2-1-3-6-20;2*1-2/h1-16,37H,18H2,(H2,35,36);2*1-2H3. The lowest BCUT2D eigenvalue weighted by molar-refractivity contribution is 0.630. The van der Waals surface area contributed by atoms with Gasteiger partial charge in [0.2, 0.25) is 0 Å². The number of aromatic nitrogens is 5. The highest BCUT2D eigenvalue weighted by molar-refractivity contribution is 7.19. The molecular weight excluding hydrogens is 596 g/mol. The fourth-order valence-electron chi connectivity index (χ4n) is 4.90. The van der Waals surface area contributed by atoms with Crippen molar-refractivity contribution < 1.29 is 4.39 Å². The van der Waals surface area contributed by atoms with E-state index in [0.717, 1.165) is 28.0 Å². The third-order valence-corrected chi connectivity index (χ3v) is 7.79. The van der Waals surface area contributed by atoms with Gasteiger partial charge in [0.1, 0.15) is 28.7 Å². The first-order valence-electron chi connectivity index (χ1n) is 15.1. The minimum absolute atomic E-state index is 0.296. The number of thiazole rings is 1. The van der Waals surface area contributed by atoms with Crippen LogP contribution in [0.3, 0.4) is 0 Å². The monoisotopic (exact) mass is 628 g/mol. The molecule has 0 spiro atoms. The predicted molar refractivity (Wildman–Crippen MR) is 186 cm³/mol. The average Bonchev–Trinajstić information content (AvgIpc) is 3.71. The van der Waals surface area contributed by atoms with Gasteiger partial charge in [-0.1, -0.05) is 70.2 Å². The van der Waals surface area contributed by atoms with Crippen LogP contribution in [0.25, 0.3) is 49.7 Å². The summed E-state index contributed by atoms with van der Waals surface area (Å²) in [5, 5.41) is 12.8. The normalized spacial score (nSPS) is 10.4. The molecule has 0 amide bonds. The van der Waals surface area contributed by atoms with Crippen molar-refractivity contribution in [1.82, 2.24) is 24.5 Å². The molecule has 3 aromatic carbocycles. The van der Waals surface area contributed by atoms with E-state index in [-0.39, 0.29) is 5.82 Å². The van der Waals surface area contributed by atoms with Crippen LogP contribution >= 0.6 is 11.3 Å². The number of rotatable bonds is 6. The minimum Gasteiger partial charge on any atom is -0.383 e. The number of fused-ring (bicyclic) bond motifs is 2. The second kappa shape index (κ2) is 14.4. The molecule has 0 atom stereocenters. The fourth-order valence-corrected chi connectivity index (χ4v) is 5.71. The zero-order valence-electron chi connectivity index (χ0n) is 26.0. The Labute approximate surface area is 271 Å². The molecule has 10 heteroatoms. The molecule has 3 N–H and O–H groups in total. The molecule has 8 nitrogen and oxygen atoms in total. The topological polar surface area (TPSA) is 118 Å². The summed E-state index contributed by atoms with van der Waals surface area (Å²) in [7, 11) is 0. The van der Waals surface area contributed by atoms with Crippen molar-refractivity contribution in [2.45, 2.75) is 34.2 Å². The van der Waals surface area contributed by atoms with Gasteiger partial charge in [-0.05, 0) is 54.1 Å². The fraction of sp³-hybridized carbons (Fsp3) is 0.139. The molecule has 0 aliphatic rings. The van der Waals surface area contributed by atoms with E-state index in [1.165, 1.54) is 23.5 Å². The molecule has 0 saturated heterocycles. The molecule has 46 heavy (non-hydrogen) atoms. The van der Waals surface area contributed by atoms with Crippen molar-refractivity contribution in [1.29, 1.82) is 5.26 Å². The molecule has 4 heterocycles. The van der Waals surface area contributed by atoms with Crippen molar-refractivity contribution in [3.63, 3.8) is 0 Å². The number of anilines is 2. The summed E-state index contributed by atoms with van der Waals surface area (Å²) in [6, 6.07) is 30.4. The van der Waals surface area contributed by atoms with Crippen LogP contribution in [0.15, 0.2) is 97.2 Å². The van der Waals surface area contributed by atoms with Gasteiger partial charge in [0.05, 0.1) is 21.6 Å². The Balaban J connectivity index is 0.00000100. The van der Waals surface area contributed by atoms with Crippen molar-refractivity contribution >= 4 is 44.2 Å². The van der Waals surface area contributed by atoms with E-state index in [9.17, 15) is 9.65 Å². The number of nitrogen functional groups attached to an aromatic ring is 1. The first kappa shape index (κ1) is 31.8. The molecule has 0 fully saturated rings. The van der Waals surface area contributed by atoms with Gasteiger partial charge >= 0.3 is 0 Å². The molecule has 0 bridgehead atoms. The summed E-state index contributed by atoms with van der Waals surface area (Å²) in [6.45, 7) is 8.43. The Morgan fingerprint density at radius 3 is 2.37 bits per heavy atom. The number of nitriles is 1. The van der Waals surface area contributed by atoms with Crippen LogP contribution in [0.4, 0.5) is 15.9 Å². The van der Waals surface area contributed by atoms with E-state index >= 15 is 0 Å². The quantitative estimate of drug-likeness (QED) is 0.189. The molecule has 4 aromatic heterocycles. The van der Waals surface area contributed by atoms with Crippen LogP contribution in [0.5, 0.6) is 0 Å². The Morgan fingerprint density at radius 1 is 0.891 bits per heavy atom. The SMILES string of the molecule is CC.CC.N#Cc1nc2c(NCc3ccc(-n4c(-c5cccnc5N)nc5ccc(-c6ccccc6)nc54)cc3)cc(F)cc2s1. The largest absolute Gasteiger partial charge is 0.383 e. The zero-order valence-corrected chi connectivity index (χ0v) is 26.8. The highest BCUT2D eigenvalue weighted by atomic mass is 32.1. The summed E-state index contributed by atoms with van der Waals surface area (Å²) < 4.78 is 16.9. The van der Waals surface area contributed by atoms with E-state index in [1.807, 2.05) is 117 Å². The smallest absolute Gasteiger partial charge is 0.195 e. The Hall–Kier alpha value is -5.66. The van der Waals surface area contributed by atoms with Gasteiger partial charge in [0.15, 0.2) is 16.5 Å². The number of nitrogens with zero attached hydrogens (tertiary/aromatic N) is 6. The van der Waals surface area contributed by atoms with Gasteiger partial charge in [-0.15, -0.1) is 11.3 Å². The average molecular weight is 629 g/mol. The molecule has 7 rings (SSSR count). The molecule has 0 saturated carbocycles. The summed E-state index contributed by atoms with van der Waals surface area (Å²) >= 11 is 1.17. The molecule has 230 valence electrons. The molecule has 0 radical (unpaired) electrons. The number of nitrogens with two attached hydrogens (primary N) is 1. The minimum atomic E-state index is -0.384. The summed E-state index contributed by atoms with van der Waals surface area (Å²) in [4.78, 5) is 18.5. The maximum atomic E-state index is 14.2. The molecule has 0 unspecified atom stereocenters. The van der Waals surface area contributed by atoms with Crippen LogP contribution in [-0.2, 0) is 6.54 Å². The Morgan fingerprint density at radius 2 is 1.65 bits per heavy atom. The van der Waals surface area contributed by atoms with Crippen LogP contribution in [-0.4, -0.2) is 24.5 Å². The molecule has 0 aliphatic carbocycles. The maximum Gasteiger partial charge on any atom is 0.195 e. The highest BCUT2D eigenvalue weighted by Gasteiger charge is 2.19. The summed E-state index contributed by atoms with van der Waals surface area (Å²) in [6.07, 6.45) is 1.65. The summed E-state index contributed by atoms with van der Waals surface area (Å²) in [5.74, 6) is 0.629. The van der Waals surface area contributed by atoms with E-state index < -0.39 is 0 Å². The van der Waals surface area contributed by atoms with Crippen molar-refractivity contribution in [3.05, 3.63) is 114 Å². The second-order valence-corrected chi connectivity index (χ2v) is 10.6. The lowest BCUT2D eigenvalue weighted by atomic mass is 10.1. The first-order chi connectivity index (χ1) is 22.6. The van der Waals surface area contributed by atoms with E-state index in [4.69, 9.17) is 15.7 Å². The third-order valence-electron chi connectivity index (χ3n) is 6.89.